The van der Waals surface area contributed by atoms with E-state index in [1.807, 2.05) is 0 Å². The summed E-state index contributed by atoms with van der Waals surface area (Å²) in [6.07, 6.45) is -4.35. The van der Waals surface area contributed by atoms with Gasteiger partial charge in [-0.05, 0) is 47.9 Å². The first kappa shape index (κ1) is 13.7. The summed E-state index contributed by atoms with van der Waals surface area (Å²) in [7, 11) is 0. The number of phenols is 1. The van der Waals surface area contributed by atoms with E-state index in [2.05, 4.69) is 0 Å². The third kappa shape index (κ3) is 2.84. The zero-order chi connectivity index (χ0) is 14.2. The van der Waals surface area contributed by atoms with Crippen molar-refractivity contribution in [1.82, 2.24) is 0 Å². The van der Waals surface area contributed by atoms with E-state index in [0.717, 1.165) is 12.1 Å². The molecule has 0 saturated heterocycles. The quantitative estimate of drug-likeness (QED) is 0.778. The number of hydrogen-bond donors (Lipinski definition) is 1. The van der Waals surface area contributed by atoms with Crippen molar-refractivity contribution in [3.05, 3.63) is 52.5 Å². The average molecular weight is 287 g/mol. The highest BCUT2D eigenvalue weighted by Gasteiger charge is 2.30. The molecular formula is C14H10ClF3O. The Bertz CT molecular complexity index is 621. The first-order valence-corrected chi connectivity index (χ1v) is 5.83. The highest BCUT2D eigenvalue weighted by atomic mass is 35.5. The summed E-state index contributed by atoms with van der Waals surface area (Å²) in [5, 5.41) is 9.49. The normalized spacial score (nSPS) is 11.6. The van der Waals surface area contributed by atoms with Crippen molar-refractivity contribution in [1.29, 1.82) is 0 Å². The zero-order valence-electron chi connectivity index (χ0n) is 9.92. The molecule has 0 heterocycles. The molecule has 0 radical (unpaired) electrons. The maximum absolute atomic E-state index is 12.6. The van der Waals surface area contributed by atoms with Gasteiger partial charge in [0.1, 0.15) is 5.75 Å². The van der Waals surface area contributed by atoms with Crippen LogP contribution < -0.4 is 0 Å². The van der Waals surface area contributed by atoms with E-state index in [-0.39, 0.29) is 10.8 Å². The second-order valence-electron chi connectivity index (χ2n) is 4.19. The second-order valence-corrected chi connectivity index (χ2v) is 4.60. The van der Waals surface area contributed by atoms with E-state index >= 15 is 0 Å². The largest absolute Gasteiger partial charge is 0.506 e. The van der Waals surface area contributed by atoms with Crippen LogP contribution in [0.1, 0.15) is 11.1 Å². The Morgan fingerprint density at radius 3 is 2.26 bits per heavy atom. The molecule has 1 N–H and O–H groups in total. The van der Waals surface area contributed by atoms with Crippen LogP contribution in [0.4, 0.5) is 13.2 Å². The van der Waals surface area contributed by atoms with Crippen LogP contribution in [-0.4, -0.2) is 5.11 Å². The van der Waals surface area contributed by atoms with Gasteiger partial charge in [0, 0.05) is 0 Å². The second kappa shape index (κ2) is 4.78. The van der Waals surface area contributed by atoms with E-state index in [4.69, 9.17) is 11.6 Å². The molecule has 0 bridgehead atoms. The van der Waals surface area contributed by atoms with Crippen LogP contribution in [-0.2, 0) is 6.18 Å². The lowest BCUT2D eigenvalue weighted by Gasteiger charge is -2.11. The van der Waals surface area contributed by atoms with E-state index in [0.29, 0.717) is 16.7 Å². The molecule has 2 rings (SSSR count). The molecule has 19 heavy (non-hydrogen) atoms. The molecule has 0 spiro atoms. The van der Waals surface area contributed by atoms with Gasteiger partial charge in [-0.2, -0.15) is 13.2 Å². The van der Waals surface area contributed by atoms with Gasteiger partial charge in [-0.25, -0.2) is 0 Å². The lowest BCUT2D eigenvalue weighted by Crippen LogP contribution is -2.05. The number of rotatable bonds is 1. The summed E-state index contributed by atoms with van der Waals surface area (Å²) < 4.78 is 37.7. The number of benzene rings is 2. The Morgan fingerprint density at radius 2 is 1.74 bits per heavy atom. The molecule has 2 aromatic rings. The van der Waals surface area contributed by atoms with Crippen molar-refractivity contribution in [2.45, 2.75) is 13.1 Å². The van der Waals surface area contributed by atoms with E-state index in [1.54, 1.807) is 13.0 Å². The van der Waals surface area contributed by atoms with Gasteiger partial charge in [-0.1, -0.05) is 23.7 Å². The lowest BCUT2D eigenvalue weighted by molar-refractivity contribution is -0.137. The van der Waals surface area contributed by atoms with Crippen LogP contribution >= 0.6 is 11.6 Å². The van der Waals surface area contributed by atoms with Gasteiger partial charge in [0.2, 0.25) is 0 Å². The van der Waals surface area contributed by atoms with Crippen molar-refractivity contribution in [2.24, 2.45) is 0 Å². The molecule has 1 nitrogen and oxygen atoms in total. The minimum atomic E-state index is -4.35. The molecule has 0 aliphatic heterocycles. The number of hydrogen-bond acceptors (Lipinski definition) is 1. The van der Waals surface area contributed by atoms with Crippen LogP contribution in [0, 0.1) is 6.92 Å². The maximum Gasteiger partial charge on any atom is 0.416 e. The van der Waals surface area contributed by atoms with Crippen molar-refractivity contribution >= 4 is 11.6 Å². The fourth-order valence-electron chi connectivity index (χ4n) is 1.84. The molecule has 0 aliphatic carbocycles. The Balaban J connectivity index is 2.49. The fourth-order valence-corrected chi connectivity index (χ4v) is 2.02. The summed E-state index contributed by atoms with van der Waals surface area (Å²) in [4.78, 5) is 0. The van der Waals surface area contributed by atoms with Crippen LogP contribution in [0.2, 0.25) is 5.02 Å². The number of phenolic OH excluding ortho intramolecular Hbond substituents is 1. The van der Waals surface area contributed by atoms with Crippen molar-refractivity contribution in [2.75, 3.05) is 0 Å². The molecule has 0 fully saturated rings. The van der Waals surface area contributed by atoms with Crippen LogP contribution in [0.5, 0.6) is 5.75 Å². The summed E-state index contributed by atoms with van der Waals surface area (Å²) in [6.45, 7) is 1.60. The van der Waals surface area contributed by atoms with Gasteiger partial charge in [0.15, 0.2) is 0 Å². The molecule has 2 aromatic carbocycles. The zero-order valence-corrected chi connectivity index (χ0v) is 10.7. The van der Waals surface area contributed by atoms with Crippen LogP contribution in [0.15, 0.2) is 36.4 Å². The molecule has 0 atom stereocenters. The Morgan fingerprint density at radius 1 is 1.05 bits per heavy atom. The van der Waals surface area contributed by atoms with Gasteiger partial charge in [-0.15, -0.1) is 0 Å². The Hall–Kier alpha value is -1.68. The van der Waals surface area contributed by atoms with Gasteiger partial charge in [-0.3, -0.25) is 0 Å². The average Bonchev–Trinajstić information content (AvgIpc) is 2.31. The monoisotopic (exact) mass is 286 g/mol. The summed E-state index contributed by atoms with van der Waals surface area (Å²) in [6, 6.07) is 8.07. The van der Waals surface area contributed by atoms with Gasteiger partial charge < -0.3 is 5.11 Å². The molecule has 0 unspecified atom stereocenters. The number of aryl methyl sites for hydroxylation is 1. The highest BCUT2D eigenvalue weighted by molar-refractivity contribution is 6.32. The van der Waals surface area contributed by atoms with Gasteiger partial charge in [0.25, 0.3) is 0 Å². The SMILES string of the molecule is Cc1cc(C(F)(F)F)ccc1-c1ccc(O)c(Cl)c1. The summed E-state index contributed by atoms with van der Waals surface area (Å²) >= 11 is 5.79. The van der Waals surface area contributed by atoms with Crippen molar-refractivity contribution < 1.29 is 18.3 Å². The topological polar surface area (TPSA) is 20.2 Å². The predicted molar refractivity (Wildman–Crippen MR) is 68.3 cm³/mol. The molecule has 0 aliphatic rings. The van der Waals surface area contributed by atoms with E-state index < -0.39 is 11.7 Å². The number of alkyl halides is 3. The van der Waals surface area contributed by atoms with Crippen LogP contribution in [0.3, 0.4) is 0 Å². The Kier molecular flexibility index (Phi) is 3.45. The molecule has 0 amide bonds. The molecule has 0 saturated carbocycles. The molecule has 100 valence electrons. The minimum absolute atomic E-state index is 0.0602. The highest BCUT2D eigenvalue weighted by Crippen LogP contribution is 2.35. The van der Waals surface area contributed by atoms with Crippen molar-refractivity contribution in [3.63, 3.8) is 0 Å². The maximum atomic E-state index is 12.6. The van der Waals surface area contributed by atoms with Gasteiger partial charge >= 0.3 is 6.18 Å². The third-order valence-corrected chi connectivity index (χ3v) is 3.12. The number of aromatic hydroxyl groups is 1. The fraction of sp³-hybridized carbons (Fsp3) is 0.143. The van der Waals surface area contributed by atoms with E-state index in [1.165, 1.54) is 18.2 Å². The standard InChI is InChI=1S/C14H10ClF3O/c1-8-6-10(14(16,17)18)3-4-11(8)9-2-5-13(19)12(15)7-9/h2-7,19H,1H3. The van der Waals surface area contributed by atoms with Gasteiger partial charge in [0.05, 0.1) is 10.6 Å². The first-order valence-electron chi connectivity index (χ1n) is 5.46. The third-order valence-electron chi connectivity index (χ3n) is 2.81. The molecular weight excluding hydrogens is 277 g/mol. The van der Waals surface area contributed by atoms with Crippen LogP contribution in [0.25, 0.3) is 11.1 Å². The summed E-state index contributed by atoms with van der Waals surface area (Å²) in [5.74, 6) is -0.0602. The number of halogens is 4. The first-order chi connectivity index (χ1) is 8.79. The lowest BCUT2D eigenvalue weighted by atomic mass is 9.98. The smallest absolute Gasteiger partial charge is 0.416 e. The Labute approximate surface area is 113 Å². The van der Waals surface area contributed by atoms with E-state index in [9.17, 15) is 18.3 Å². The minimum Gasteiger partial charge on any atom is -0.506 e. The predicted octanol–water partition coefficient (Wildman–Crippen LogP) is 5.04. The van der Waals surface area contributed by atoms with Crippen molar-refractivity contribution in [3.8, 4) is 16.9 Å². The summed E-state index contributed by atoms with van der Waals surface area (Å²) in [5.41, 5.74) is 1.12. The molecule has 0 aromatic heterocycles. The molecule has 5 heteroatoms.